The molecule has 0 N–H and O–H groups in total. The van der Waals surface area contributed by atoms with Gasteiger partial charge < -0.3 is 0 Å². The molecule has 1 aromatic rings. The molecule has 0 saturated heterocycles. The van der Waals surface area contributed by atoms with Crippen molar-refractivity contribution in [3.05, 3.63) is 35.9 Å². The molecule has 0 amide bonds. The molecule has 2 heteroatoms. The number of carbonyl (C=O) groups excluding carboxylic acids is 1. The van der Waals surface area contributed by atoms with Crippen LogP contribution in [0.2, 0.25) is 0 Å². The topological polar surface area (TPSA) is 17.1 Å². The van der Waals surface area contributed by atoms with E-state index < -0.39 is 0 Å². The molecule has 0 heterocycles. The molecular weight excluding hydrogens is 287 g/mol. The van der Waals surface area contributed by atoms with Crippen LogP contribution in [0.15, 0.2) is 30.3 Å². The van der Waals surface area contributed by atoms with Gasteiger partial charge in [-0.2, -0.15) is 0 Å². The molecule has 1 nitrogen and oxygen atoms in total. The number of benzene rings is 1. The van der Waals surface area contributed by atoms with Crippen LogP contribution in [0.5, 0.6) is 0 Å². The predicted octanol–water partition coefficient (Wildman–Crippen LogP) is 4.05. The summed E-state index contributed by atoms with van der Waals surface area (Å²) in [6.45, 7) is 0. The molecule has 0 aromatic heterocycles. The number of hydrogen-bond acceptors (Lipinski definition) is 1. The molecule has 1 rings (SSSR count). The zero-order chi connectivity index (χ0) is 13.1. The van der Waals surface area contributed by atoms with Crippen LogP contribution < -0.4 is 0 Å². The van der Waals surface area contributed by atoms with Crippen LogP contribution >= 0.6 is 0 Å². The summed E-state index contributed by atoms with van der Waals surface area (Å²) in [5.74, 6) is 0. The van der Waals surface area contributed by atoms with E-state index in [0.29, 0.717) is 6.42 Å². The van der Waals surface area contributed by atoms with Gasteiger partial charge in [-0.05, 0) is 0 Å². The molecule has 0 unspecified atom stereocenters. The van der Waals surface area contributed by atoms with E-state index in [9.17, 15) is 4.79 Å². The van der Waals surface area contributed by atoms with E-state index in [1.165, 1.54) is 50.5 Å². The fourth-order valence-electron chi connectivity index (χ4n) is 2.13. The molecule has 0 saturated carbocycles. The molecule has 0 aliphatic heterocycles. The molecule has 1 aromatic carbocycles. The smallest absolute Gasteiger partial charge is 0.0622 e. The third-order valence-electron chi connectivity index (χ3n) is 3.19. The van der Waals surface area contributed by atoms with E-state index in [0.717, 1.165) is 6.42 Å². The summed E-state index contributed by atoms with van der Waals surface area (Å²) in [6.07, 6.45) is 10.7. The van der Waals surface area contributed by atoms with E-state index >= 15 is 0 Å². The average molecular weight is 310 g/mol. The molecule has 18 heavy (non-hydrogen) atoms. The van der Waals surface area contributed by atoms with Gasteiger partial charge in [-0.25, -0.2) is 0 Å². The van der Waals surface area contributed by atoms with Crippen molar-refractivity contribution >= 4 is 20.7 Å². The van der Waals surface area contributed by atoms with Gasteiger partial charge in [0.15, 0.2) is 0 Å². The molecule has 0 bridgehead atoms. The Bertz CT molecular complexity index is 321. The second kappa shape index (κ2) is 10.3. The van der Waals surface area contributed by atoms with Crippen LogP contribution in [-0.4, -0.2) is 20.7 Å². The van der Waals surface area contributed by atoms with E-state index in [4.69, 9.17) is 0 Å². The van der Waals surface area contributed by atoms with Crippen molar-refractivity contribution in [2.75, 3.05) is 0 Å². The Labute approximate surface area is 119 Å². The second-order valence-corrected chi connectivity index (χ2v) is 5.79. The van der Waals surface area contributed by atoms with Gasteiger partial charge in [-0.1, -0.05) is 18.2 Å². The first-order valence-corrected chi connectivity index (χ1v) is 7.88. The Morgan fingerprint density at radius 2 is 1.39 bits per heavy atom. The Kier molecular flexibility index (Phi) is 8.89. The molecule has 0 aliphatic rings. The maximum absolute atomic E-state index is 10.7. The minimum absolute atomic E-state index is 0.206. The van der Waals surface area contributed by atoms with Crippen molar-refractivity contribution in [2.45, 2.75) is 57.8 Å². The summed E-state index contributed by atoms with van der Waals surface area (Å²) >= 11 is 2.54. The Balaban J connectivity index is 1.86. The molecular formula is C16H23OSe. The van der Waals surface area contributed by atoms with Gasteiger partial charge in [-0.3, -0.25) is 0 Å². The second-order valence-electron chi connectivity index (χ2n) is 4.83. The van der Waals surface area contributed by atoms with Crippen molar-refractivity contribution in [3.8, 4) is 0 Å². The number of aryl methyl sites for hydroxylation is 1. The van der Waals surface area contributed by atoms with Gasteiger partial charge in [0.25, 0.3) is 0 Å². The minimum atomic E-state index is 0.206. The first kappa shape index (κ1) is 15.5. The fraction of sp³-hybridized carbons (Fsp3) is 0.562. The van der Waals surface area contributed by atoms with E-state index in [1.54, 1.807) is 0 Å². The number of hydrogen-bond donors (Lipinski definition) is 0. The Morgan fingerprint density at radius 1 is 0.833 bits per heavy atom. The number of carbonyl (C=O) groups is 1. The first-order valence-electron chi connectivity index (χ1n) is 7.03. The van der Waals surface area contributed by atoms with Crippen LogP contribution in [-0.2, 0) is 11.2 Å². The monoisotopic (exact) mass is 311 g/mol. The van der Waals surface area contributed by atoms with Crippen LogP contribution in [0.4, 0.5) is 0 Å². The molecule has 0 atom stereocenters. The van der Waals surface area contributed by atoms with Crippen LogP contribution in [0.3, 0.4) is 0 Å². The van der Waals surface area contributed by atoms with E-state index in [2.05, 4.69) is 46.3 Å². The molecule has 99 valence electrons. The van der Waals surface area contributed by atoms with Gasteiger partial charge in [0, 0.05) is 0 Å². The number of unbranched alkanes of at least 4 members (excludes halogenated alkanes) is 6. The number of rotatable bonds is 10. The molecule has 0 aliphatic carbocycles. The summed E-state index contributed by atoms with van der Waals surface area (Å²) in [7, 11) is 0. The fourth-order valence-corrected chi connectivity index (χ4v) is 2.43. The quantitative estimate of drug-likeness (QED) is 0.471. The minimum Gasteiger partial charge on any atom is -0.0622 e. The Hall–Kier alpha value is -0.591. The van der Waals surface area contributed by atoms with Gasteiger partial charge in [0.05, 0.1) is 0 Å². The first-order chi connectivity index (χ1) is 8.79. The van der Waals surface area contributed by atoms with E-state index in [-0.39, 0.29) is 4.68 Å². The van der Waals surface area contributed by atoms with Gasteiger partial charge in [-0.15, -0.1) is 0 Å². The summed E-state index contributed by atoms with van der Waals surface area (Å²) in [5.41, 5.74) is 1.45. The van der Waals surface area contributed by atoms with Crippen molar-refractivity contribution < 1.29 is 4.79 Å². The zero-order valence-electron chi connectivity index (χ0n) is 11.1. The van der Waals surface area contributed by atoms with Gasteiger partial charge >= 0.3 is 101 Å². The summed E-state index contributed by atoms with van der Waals surface area (Å²) in [6, 6.07) is 10.7. The van der Waals surface area contributed by atoms with Crippen molar-refractivity contribution in [3.63, 3.8) is 0 Å². The van der Waals surface area contributed by atoms with Crippen LogP contribution in [0.25, 0.3) is 0 Å². The molecule has 0 spiro atoms. The SMILES string of the molecule is O=C([Se])CCCCCCCCCc1ccccc1. The third kappa shape index (κ3) is 8.49. The zero-order valence-corrected chi connectivity index (χ0v) is 12.8. The standard InChI is InChI=1S/C16H23OSe/c17-16(18)14-10-5-3-1-2-4-7-11-15-12-8-6-9-13-15/h6,8-9,12-13H,1-5,7,10-11,14H2. The van der Waals surface area contributed by atoms with E-state index in [1.807, 2.05) is 0 Å². The summed E-state index contributed by atoms with van der Waals surface area (Å²) in [5, 5.41) is 0. The van der Waals surface area contributed by atoms with Gasteiger partial charge in [0.2, 0.25) is 0 Å². The average Bonchev–Trinajstić information content (AvgIpc) is 2.37. The predicted molar refractivity (Wildman–Crippen MR) is 77.8 cm³/mol. The van der Waals surface area contributed by atoms with Crippen molar-refractivity contribution in [1.29, 1.82) is 0 Å². The molecule has 1 radical (unpaired) electrons. The Morgan fingerprint density at radius 3 is 2.00 bits per heavy atom. The normalized spacial score (nSPS) is 10.4. The maximum atomic E-state index is 10.7. The van der Waals surface area contributed by atoms with Crippen molar-refractivity contribution in [2.24, 2.45) is 0 Å². The van der Waals surface area contributed by atoms with Crippen LogP contribution in [0, 0.1) is 0 Å². The summed E-state index contributed by atoms with van der Waals surface area (Å²) < 4.78 is 0.206. The summed E-state index contributed by atoms with van der Waals surface area (Å²) in [4.78, 5) is 10.7. The third-order valence-corrected chi connectivity index (χ3v) is 3.62. The van der Waals surface area contributed by atoms with Gasteiger partial charge in [0.1, 0.15) is 0 Å². The molecule has 0 fully saturated rings. The van der Waals surface area contributed by atoms with Crippen LogP contribution in [0.1, 0.15) is 56.9 Å². The van der Waals surface area contributed by atoms with Crippen molar-refractivity contribution in [1.82, 2.24) is 0 Å².